The van der Waals surface area contributed by atoms with Crippen molar-refractivity contribution in [1.82, 2.24) is 0 Å². The van der Waals surface area contributed by atoms with Gasteiger partial charge in [0.15, 0.2) is 0 Å². The third-order valence-corrected chi connectivity index (χ3v) is 0.859. The fourth-order valence-corrected chi connectivity index (χ4v) is 0.502. The second kappa shape index (κ2) is 2.87. The molecule has 1 aromatic heterocycles. The zero-order valence-electron chi connectivity index (χ0n) is 4.70. The molecule has 0 aromatic carbocycles. The van der Waals surface area contributed by atoms with Crippen molar-refractivity contribution in [1.29, 1.82) is 0 Å². The van der Waals surface area contributed by atoms with Crippen molar-refractivity contribution < 1.29 is 9.21 Å². The maximum atomic E-state index is 9.65. The maximum absolute atomic E-state index is 9.65. The van der Waals surface area contributed by atoms with Gasteiger partial charge in [-0.1, -0.05) is 0 Å². The van der Waals surface area contributed by atoms with Gasteiger partial charge in [0.25, 0.3) is 0 Å². The SMILES string of the molecule is O=[C]/C=C/c1ccco1. The van der Waals surface area contributed by atoms with Crippen LogP contribution in [-0.2, 0) is 4.79 Å². The molecule has 45 valence electrons. The average Bonchev–Trinajstić information content (AvgIpc) is 2.34. The van der Waals surface area contributed by atoms with Gasteiger partial charge in [0, 0.05) is 0 Å². The standard InChI is InChI=1S/C7H5O2/c8-5-1-3-7-4-2-6-9-7/h1-4,6H/b3-1+. The topological polar surface area (TPSA) is 30.2 Å². The Labute approximate surface area is 52.8 Å². The summed E-state index contributed by atoms with van der Waals surface area (Å²) in [5.74, 6) is 0.665. The van der Waals surface area contributed by atoms with E-state index in [1.165, 1.54) is 6.08 Å². The molecule has 9 heavy (non-hydrogen) atoms. The van der Waals surface area contributed by atoms with Gasteiger partial charge in [0.2, 0.25) is 6.29 Å². The van der Waals surface area contributed by atoms with Crippen LogP contribution in [0.25, 0.3) is 6.08 Å². The second-order valence-corrected chi connectivity index (χ2v) is 1.47. The van der Waals surface area contributed by atoms with Crippen LogP contribution in [0, 0.1) is 0 Å². The van der Waals surface area contributed by atoms with Crippen LogP contribution in [0.4, 0.5) is 0 Å². The van der Waals surface area contributed by atoms with E-state index in [2.05, 4.69) is 0 Å². The summed E-state index contributed by atoms with van der Waals surface area (Å²) in [4.78, 5) is 9.65. The fraction of sp³-hybridized carbons (Fsp3) is 0. The Kier molecular flexibility index (Phi) is 1.85. The number of furan rings is 1. The summed E-state index contributed by atoms with van der Waals surface area (Å²) >= 11 is 0. The molecule has 0 aliphatic rings. The maximum Gasteiger partial charge on any atom is 0.225 e. The van der Waals surface area contributed by atoms with Crippen LogP contribution in [0.3, 0.4) is 0 Å². The highest BCUT2D eigenvalue weighted by molar-refractivity contribution is 5.73. The lowest BCUT2D eigenvalue weighted by atomic mass is 10.4. The van der Waals surface area contributed by atoms with Crippen molar-refractivity contribution >= 4 is 12.4 Å². The second-order valence-electron chi connectivity index (χ2n) is 1.47. The van der Waals surface area contributed by atoms with Gasteiger partial charge in [-0.25, -0.2) is 0 Å². The lowest BCUT2D eigenvalue weighted by Crippen LogP contribution is -1.60. The predicted octanol–water partition coefficient (Wildman–Crippen LogP) is 1.40. The molecule has 0 atom stereocenters. The van der Waals surface area contributed by atoms with Gasteiger partial charge < -0.3 is 4.42 Å². The lowest BCUT2D eigenvalue weighted by molar-refractivity contribution is 0.555. The number of carbonyl (C=O) groups excluding carboxylic acids is 1. The van der Waals surface area contributed by atoms with Crippen LogP contribution in [0.2, 0.25) is 0 Å². The summed E-state index contributed by atoms with van der Waals surface area (Å²) in [6.45, 7) is 0. The normalized spacial score (nSPS) is 10.2. The van der Waals surface area contributed by atoms with Crippen LogP contribution >= 0.6 is 0 Å². The van der Waals surface area contributed by atoms with E-state index in [1.54, 1.807) is 30.8 Å². The Bertz CT molecular complexity index is 197. The fourth-order valence-electron chi connectivity index (χ4n) is 0.502. The van der Waals surface area contributed by atoms with Gasteiger partial charge in [-0.3, -0.25) is 4.79 Å². The van der Waals surface area contributed by atoms with E-state index in [-0.39, 0.29) is 0 Å². The summed E-state index contributed by atoms with van der Waals surface area (Å²) < 4.78 is 4.87. The van der Waals surface area contributed by atoms with E-state index in [9.17, 15) is 4.79 Å². The molecule has 0 saturated carbocycles. The third kappa shape index (κ3) is 1.57. The monoisotopic (exact) mass is 121 g/mol. The molecule has 1 radical (unpaired) electrons. The van der Waals surface area contributed by atoms with Crippen molar-refractivity contribution in [3.05, 3.63) is 30.2 Å². The Morgan fingerprint density at radius 2 is 2.56 bits per heavy atom. The summed E-state index contributed by atoms with van der Waals surface area (Å²) in [5.41, 5.74) is 0. The average molecular weight is 121 g/mol. The Hall–Kier alpha value is -1.31. The molecular formula is C7H5O2. The van der Waals surface area contributed by atoms with E-state index in [0.29, 0.717) is 5.76 Å². The molecule has 0 aliphatic heterocycles. The summed E-state index contributed by atoms with van der Waals surface area (Å²) in [7, 11) is 0. The highest BCUT2D eigenvalue weighted by Gasteiger charge is 1.83. The van der Waals surface area contributed by atoms with E-state index in [1.807, 2.05) is 0 Å². The number of allylic oxidation sites excluding steroid dienone is 1. The molecule has 1 aromatic rings. The minimum absolute atomic E-state index is 0.665. The first kappa shape index (κ1) is 5.82. The van der Waals surface area contributed by atoms with E-state index >= 15 is 0 Å². The molecule has 0 spiro atoms. The minimum Gasteiger partial charge on any atom is -0.465 e. The van der Waals surface area contributed by atoms with Gasteiger partial charge in [0.1, 0.15) is 5.76 Å². The predicted molar refractivity (Wildman–Crippen MR) is 33.4 cm³/mol. The van der Waals surface area contributed by atoms with Gasteiger partial charge in [-0.2, -0.15) is 0 Å². The third-order valence-electron chi connectivity index (χ3n) is 0.859. The Balaban J connectivity index is 2.67. The van der Waals surface area contributed by atoms with Gasteiger partial charge in [0.05, 0.1) is 6.26 Å². The largest absolute Gasteiger partial charge is 0.465 e. The molecule has 0 aliphatic carbocycles. The van der Waals surface area contributed by atoms with Crippen molar-refractivity contribution in [3.8, 4) is 0 Å². The highest BCUT2D eigenvalue weighted by Crippen LogP contribution is 2.00. The van der Waals surface area contributed by atoms with Crippen molar-refractivity contribution in [2.24, 2.45) is 0 Å². The van der Waals surface area contributed by atoms with Crippen LogP contribution in [0.5, 0.6) is 0 Å². The summed E-state index contributed by atoms with van der Waals surface area (Å²) in [6.07, 6.45) is 5.97. The van der Waals surface area contributed by atoms with Crippen molar-refractivity contribution in [2.45, 2.75) is 0 Å². The van der Waals surface area contributed by atoms with Crippen LogP contribution < -0.4 is 0 Å². The highest BCUT2D eigenvalue weighted by atomic mass is 16.3. The van der Waals surface area contributed by atoms with Gasteiger partial charge in [-0.15, -0.1) is 0 Å². The zero-order valence-corrected chi connectivity index (χ0v) is 4.70. The zero-order chi connectivity index (χ0) is 6.53. The Morgan fingerprint density at radius 3 is 3.11 bits per heavy atom. The number of hydrogen-bond donors (Lipinski definition) is 0. The first-order valence-electron chi connectivity index (χ1n) is 2.51. The lowest BCUT2D eigenvalue weighted by Gasteiger charge is -1.75. The molecule has 0 amide bonds. The molecule has 0 bridgehead atoms. The first-order chi connectivity index (χ1) is 4.43. The molecule has 0 fully saturated rings. The first-order valence-corrected chi connectivity index (χ1v) is 2.51. The molecule has 2 heteroatoms. The van der Waals surface area contributed by atoms with Crippen molar-refractivity contribution in [3.63, 3.8) is 0 Å². The molecular weight excluding hydrogens is 116 g/mol. The van der Waals surface area contributed by atoms with Gasteiger partial charge in [-0.05, 0) is 24.3 Å². The van der Waals surface area contributed by atoms with Crippen LogP contribution in [-0.4, -0.2) is 6.29 Å². The molecule has 1 rings (SSSR count). The number of hydrogen-bond acceptors (Lipinski definition) is 2. The van der Waals surface area contributed by atoms with Crippen LogP contribution in [0.15, 0.2) is 28.9 Å². The quantitative estimate of drug-likeness (QED) is 0.553. The Morgan fingerprint density at radius 1 is 1.67 bits per heavy atom. The summed E-state index contributed by atoms with van der Waals surface area (Å²) in [5, 5.41) is 0. The smallest absolute Gasteiger partial charge is 0.225 e. The molecule has 1 heterocycles. The minimum atomic E-state index is 0.665. The van der Waals surface area contributed by atoms with E-state index < -0.39 is 0 Å². The van der Waals surface area contributed by atoms with E-state index in [4.69, 9.17) is 4.42 Å². The summed E-state index contributed by atoms with van der Waals surface area (Å²) in [6, 6.07) is 3.51. The molecule has 0 unspecified atom stereocenters. The number of rotatable bonds is 2. The van der Waals surface area contributed by atoms with Crippen molar-refractivity contribution in [2.75, 3.05) is 0 Å². The van der Waals surface area contributed by atoms with Crippen LogP contribution in [0.1, 0.15) is 5.76 Å². The molecule has 0 saturated heterocycles. The van der Waals surface area contributed by atoms with E-state index in [0.717, 1.165) is 0 Å². The molecule has 0 N–H and O–H groups in total. The van der Waals surface area contributed by atoms with Gasteiger partial charge >= 0.3 is 0 Å². The molecule has 2 nitrogen and oxygen atoms in total.